The summed E-state index contributed by atoms with van der Waals surface area (Å²) in [5.74, 6) is 2.50. The lowest BCUT2D eigenvalue weighted by Gasteiger charge is -2.15. The molecule has 0 nitrogen and oxygen atoms in total. The molecule has 1 heterocycles. The molecule has 1 atom stereocenters. The van der Waals surface area contributed by atoms with Crippen LogP contribution in [0.5, 0.6) is 0 Å². The third-order valence-electron chi connectivity index (χ3n) is 3.70. The quantitative estimate of drug-likeness (QED) is 0.624. The topological polar surface area (TPSA) is 0 Å². The van der Waals surface area contributed by atoms with Gasteiger partial charge in [-0.2, -0.15) is 0 Å². The molecule has 0 fully saturated rings. The zero-order valence-electron chi connectivity index (χ0n) is 11.7. The Balaban J connectivity index is 1.80. The molecular weight excluding hydrogens is 278 g/mol. The normalized spacial score (nSPS) is 20.9. The Morgan fingerprint density at radius 3 is 2.30 bits per heavy atom. The zero-order valence-corrected chi connectivity index (χ0v) is 13.5. The molecule has 0 saturated heterocycles. The smallest absolute Gasteiger partial charge is 0.0155 e. The number of hydrogen-bond acceptors (Lipinski definition) is 0. The summed E-state index contributed by atoms with van der Waals surface area (Å²) in [4.78, 5) is 0. The average molecular weight is 298 g/mol. The highest BCUT2D eigenvalue weighted by Crippen LogP contribution is 2.49. The number of hydrogen-bond donors (Lipinski definition) is 0. The van der Waals surface area contributed by atoms with Gasteiger partial charge >= 0.3 is 0 Å². The predicted octanol–water partition coefficient (Wildman–Crippen LogP) is 5.70. The second-order valence-electron chi connectivity index (χ2n) is 5.18. The van der Waals surface area contributed by atoms with Crippen LogP contribution in [0.25, 0.3) is 11.1 Å². The minimum absolute atomic E-state index is 0.0249. The predicted molar refractivity (Wildman–Crippen MR) is 94.8 cm³/mol. The van der Waals surface area contributed by atoms with E-state index in [0.29, 0.717) is 0 Å². The van der Waals surface area contributed by atoms with Crippen LogP contribution in [0, 0.1) is 0 Å². The van der Waals surface area contributed by atoms with Gasteiger partial charge in [-0.1, -0.05) is 74.7 Å². The van der Waals surface area contributed by atoms with Gasteiger partial charge in [-0.25, -0.2) is 0 Å². The molecule has 1 aliphatic rings. The molecule has 102 valence electrons. The van der Waals surface area contributed by atoms with Crippen LogP contribution in [0.3, 0.4) is 0 Å². The molecule has 0 radical (unpaired) electrons. The van der Waals surface area contributed by atoms with Gasteiger partial charge in [0.2, 0.25) is 0 Å². The van der Waals surface area contributed by atoms with E-state index in [4.69, 9.17) is 0 Å². The Morgan fingerprint density at radius 1 is 0.750 bits per heavy atom. The van der Waals surface area contributed by atoms with E-state index in [9.17, 15) is 0 Å². The molecule has 20 heavy (non-hydrogen) atoms. The van der Waals surface area contributed by atoms with Gasteiger partial charge in [0.25, 0.3) is 0 Å². The summed E-state index contributed by atoms with van der Waals surface area (Å²) in [6.45, 7) is 0. The van der Waals surface area contributed by atoms with E-state index in [0.717, 1.165) is 0 Å². The largest absolute Gasteiger partial charge is 0.0755 e. The van der Waals surface area contributed by atoms with Gasteiger partial charge in [0, 0.05) is 0 Å². The van der Waals surface area contributed by atoms with Crippen LogP contribution in [0.15, 0.2) is 54.6 Å². The first-order valence-corrected chi connectivity index (χ1v) is 10.6. The van der Waals surface area contributed by atoms with Crippen molar-refractivity contribution in [1.29, 1.82) is 0 Å². The molecule has 0 aromatic heterocycles. The zero-order chi connectivity index (χ0) is 13.6. The van der Waals surface area contributed by atoms with E-state index < -0.39 is 0 Å². The van der Waals surface area contributed by atoms with Crippen molar-refractivity contribution in [1.82, 2.24) is 0 Å². The third kappa shape index (κ3) is 3.57. The van der Waals surface area contributed by atoms with Crippen molar-refractivity contribution in [3.63, 3.8) is 0 Å². The highest BCUT2D eigenvalue weighted by molar-refractivity contribution is 8.24. The van der Waals surface area contributed by atoms with Crippen molar-refractivity contribution in [3.05, 3.63) is 54.6 Å². The minimum Gasteiger partial charge on any atom is -0.0755 e. The summed E-state index contributed by atoms with van der Waals surface area (Å²) in [5, 5.41) is 1.57. The van der Waals surface area contributed by atoms with E-state index in [2.05, 4.69) is 60.4 Å². The maximum absolute atomic E-state index is 2.50. The van der Waals surface area contributed by atoms with Crippen LogP contribution in [0.2, 0.25) is 0 Å². The van der Waals surface area contributed by atoms with Crippen LogP contribution in [-0.4, -0.2) is 12.0 Å². The van der Waals surface area contributed by atoms with Gasteiger partial charge in [-0.05, 0) is 49.5 Å². The maximum Gasteiger partial charge on any atom is -0.0155 e. The van der Waals surface area contributed by atoms with Gasteiger partial charge in [0.1, 0.15) is 0 Å². The molecule has 2 aromatic carbocycles. The monoisotopic (exact) mass is 298 g/mol. The molecule has 1 aliphatic heterocycles. The van der Waals surface area contributed by atoms with E-state index in [-0.39, 0.29) is 7.61 Å². The van der Waals surface area contributed by atoms with Crippen molar-refractivity contribution in [2.75, 3.05) is 6.16 Å². The van der Waals surface area contributed by atoms with E-state index >= 15 is 0 Å². The first-order chi connectivity index (χ1) is 9.93. The van der Waals surface area contributed by atoms with E-state index in [1.807, 2.05) is 0 Å². The second-order valence-corrected chi connectivity index (χ2v) is 9.68. The Bertz CT molecular complexity index is 558. The van der Waals surface area contributed by atoms with Crippen LogP contribution in [0.4, 0.5) is 0 Å². The second kappa shape index (κ2) is 7.16. The molecule has 1 unspecified atom stereocenters. The van der Waals surface area contributed by atoms with Crippen molar-refractivity contribution >= 4 is 26.6 Å². The van der Waals surface area contributed by atoms with E-state index in [1.54, 1.807) is 13.2 Å². The molecule has 0 amide bonds. The minimum atomic E-state index is 0.0249. The molecule has 2 aromatic rings. The Kier molecular flexibility index (Phi) is 5.01. The Labute approximate surface area is 124 Å². The lowest BCUT2D eigenvalue weighted by atomic mass is 10.1. The maximum atomic E-state index is 2.50. The summed E-state index contributed by atoms with van der Waals surface area (Å²) in [5.41, 5.74) is 2.64. The van der Waals surface area contributed by atoms with Gasteiger partial charge in [0.15, 0.2) is 0 Å². The first kappa shape index (κ1) is 14.0. The van der Waals surface area contributed by atoms with Crippen LogP contribution in [0.1, 0.15) is 25.7 Å². The van der Waals surface area contributed by atoms with Crippen LogP contribution < -0.4 is 5.30 Å². The Hall–Kier alpha value is -0.960. The van der Waals surface area contributed by atoms with Crippen molar-refractivity contribution in [2.24, 2.45) is 0 Å². The molecule has 3 rings (SSSR count). The van der Waals surface area contributed by atoms with Gasteiger partial charge in [0.05, 0.1) is 0 Å². The summed E-state index contributed by atoms with van der Waals surface area (Å²) in [7, 11) is 1.60. The molecular formula is C18H20P2. The lowest BCUT2D eigenvalue weighted by molar-refractivity contribution is 0.752. The van der Waals surface area contributed by atoms with Gasteiger partial charge < -0.3 is 0 Å². The summed E-state index contributed by atoms with van der Waals surface area (Å²) < 4.78 is 0. The Morgan fingerprint density at radius 2 is 1.50 bits per heavy atom. The van der Waals surface area contributed by atoms with Crippen molar-refractivity contribution < 1.29 is 0 Å². The summed E-state index contributed by atoms with van der Waals surface area (Å²) in [6.07, 6.45) is 6.92. The summed E-state index contributed by atoms with van der Waals surface area (Å²) in [6, 6.07) is 20.0. The molecule has 0 N–H and O–H groups in total. The SMILES string of the molecule is C1=P\P(c2ccc(-c3ccccc3)cc2)CCCCC/1. The fraction of sp³-hybridized carbons (Fsp3) is 0.278. The van der Waals surface area contributed by atoms with Gasteiger partial charge in [-0.3, -0.25) is 0 Å². The molecule has 0 spiro atoms. The highest BCUT2D eigenvalue weighted by Gasteiger charge is 2.10. The molecule has 0 saturated carbocycles. The fourth-order valence-corrected chi connectivity index (χ4v) is 7.07. The van der Waals surface area contributed by atoms with E-state index in [1.165, 1.54) is 43.0 Å². The van der Waals surface area contributed by atoms with Crippen molar-refractivity contribution in [2.45, 2.75) is 25.7 Å². The third-order valence-corrected chi connectivity index (χ3v) is 8.65. The average Bonchev–Trinajstić information content (AvgIpc) is 2.48. The van der Waals surface area contributed by atoms with Crippen molar-refractivity contribution in [3.8, 4) is 11.1 Å². The molecule has 0 bridgehead atoms. The standard InChI is InChI=1S/C18H20P2/c1-2-7-15-20(19-14-6-1)18-12-10-17(11-13-18)16-8-4-3-5-9-16/h3-5,8-14H,1-2,6-7,15H2. The number of benzene rings is 2. The van der Waals surface area contributed by atoms with Crippen LogP contribution >= 0.6 is 15.5 Å². The first-order valence-electron chi connectivity index (χ1n) is 7.39. The van der Waals surface area contributed by atoms with Crippen LogP contribution in [-0.2, 0) is 0 Å². The molecule has 0 aliphatic carbocycles. The summed E-state index contributed by atoms with van der Waals surface area (Å²) >= 11 is 0. The lowest BCUT2D eigenvalue weighted by Crippen LogP contribution is -2.01. The number of rotatable bonds is 2. The fourth-order valence-electron chi connectivity index (χ4n) is 2.54. The van der Waals surface area contributed by atoms with Gasteiger partial charge in [-0.15, -0.1) is 0 Å². The highest BCUT2D eigenvalue weighted by atomic mass is 32.0. The molecule has 2 heteroatoms.